The maximum Gasteiger partial charge on any atom is 0.136 e. The van der Waals surface area contributed by atoms with E-state index in [0.29, 0.717) is 0 Å². The van der Waals surface area contributed by atoms with Gasteiger partial charge in [0.05, 0.1) is 17.1 Å². The van der Waals surface area contributed by atoms with E-state index in [1.807, 2.05) is 73.2 Å². The first-order chi connectivity index (χ1) is 49.0. The zero-order chi connectivity index (χ0) is 65.3. The van der Waals surface area contributed by atoms with Crippen molar-refractivity contribution in [2.24, 2.45) is 0 Å². The minimum Gasteiger partial charge on any atom is -0.456 e. The van der Waals surface area contributed by atoms with Crippen molar-refractivity contribution in [3.05, 3.63) is 346 Å². The summed E-state index contributed by atoms with van der Waals surface area (Å²) in [5.74, 6) is 0. The molecule has 19 rings (SSSR count). The van der Waals surface area contributed by atoms with E-state index >= 15 is 0 Å². The Bertz CT molecular complexity index is 5670. The zero-order valence-electron chi connectivity index (χ0n) is 53.5. The lowest BCUT2D eigenvalue weighted by atomic mass is 9.86. The summed E-state index contributed by atoms with van der Waals surface area (Å²) in [6, 6.07) is 116. The van der Waals surface area contributed by atoms with Gasteiger partial charge in [-0.1, -0.05) is 255 Å². The third-order valence-corrected chi connectivity index (χ3v) is 19.6. The van der Waals surface area contributed by atoms with Crippen molar-refractivity contribution in [1.29, 1.82) is 0 Å². The first-order valence-corrected chi connectivity index (χ1v) is 33.4. The molecule has 0 fully saturated rings. The normalized spacial score (nSPS) is 11.6. The molecule has 0 saturated carbocycles. The Balaban J connectivity index is 0.669. The van der Waals surface area contributed by atoms with Crippen LogP contribution in [0.4, 0.5) is 0 Å². The van der Waals surface area contributed by atoms with Gasteiger partial charge in [0.15, 0.2) is 0 Å². The highest BCUT2D eigenvalue weighted by atomic mass is 16.3. The van der Waals surface area contributed by atoms with Crippen LogP contribution in [-0.2, 0) is 0 Å². The van der Waals surface area contributed by atoms with E-state index in [-0.39, 0.29) is 0 Å². The van der Waals surface area contributed by atoms with Crippen LogP contribution in [-0.4, -0.2) is 15.0 Å². The highest BCUT2D eigenvalue weighted by Gasteiger charge is 2.20. The molecule has 462 valence electrons. The number of hydrogen-bond acceptors (Lipinski definition) is 6. The molecule has 19 aromatic rings. The van der Waals surface area contributed by atoms with Crippen molar-refractivity contribution in [3.63, 3.8) is 0 Å². The first kappa shape index (κ1) is 57.2. The Hall–Kier alpha value is -13.3. The molecular weight excluding hydrogens is 1210 g/mol. The van der Waals surface area contributed by atoms with Gasteiger partial charge in [0, 0.05) is 84.3 Å². The van der Waals surface area contributed by atoms with E-state index in [9.17, 15) is 0 Å². The number of hydrogen-bond donors (Lipinski definition) is 0. The van der Waals surface area contributed by atoms with Crippen LogP contribution in [0.15, 0.2) is 359 Å². The van der Waals surface area contributed by atoms with E-state index in [0.717, 1.165) is 200 Å². The van der Waals surface area contributed by atoms with Gasteiger partial charge in [-0.15, -0.1) is 0 Å². The summed E-state index contributed by atoms with van der Waals surface area (Å²) in [6.07, 6.45) is 6.04. The second-order valence-corrected chi connectivity index (χ2v) is 25.3. The van der Waals surface area contributed by atoms with Crippen molar-refractivity contribution >= 4 is 65.8 Å². The fraction of sp³-hybridized carbons (Fsp3) is 0. The van der Waals surface area contributed by atoms with Gasteiger partial charge >= 0.3 is 0 Å². The Kier molecular flexibility index (Phi) is 13.8. The number of pyridine rings is 3. The van der Waals surface area contributed by atoms with Crippen LogP contribution < -0.4 is 0 Å². The summed E-state index contributed by atoms with van der Waals surface area (Å²) in [7, 11) is 0. The summed E-state index contributed by atoms with van der Waals surface area (Å²) in [6.45, 7) is 0. The summed E-state index contributed by atoms with van der Waals surface area (Å²) in [5.41, 5.74) is 30.7. The Morgan fingerprint density at radius 1 is 0.162 bits per heavy atom. The molecule has 99 heavy (non-hydrogen) atoms. The van der Waals surface area contributed by atoms with E-state index in [4.69, 9.17) is 28.2 Å². The molecule has 0 spiro atoms. The Labute approximate surface area is 570 Å². The zero-order valence-corrected chi connectivity index (χ0v) is 53.5. The molecule has 0 radical (unpaired) electrons. The average molecular weight is 1260 g/mol. The molecule has 0 aliphatic carbocycles. The monoisotopic (exact) mass is 1260 g/mol. The molecule has 0 aliphatic rings. The molecule has 0 saturated heterocycles. The summed E-state index contributed by atoms with van der Waals surface area (Å²) in [4.78, 5) is 15.5. The van der Waals surface area contributed by atoms with Crippen LogP contribution in [0.3, 0.4) is 0 Å². The molecule has 0 unspecified atom stereocenters. The van der Waals surface area contributed by atoms with E-state index in [1.54, 1.807) is 0 Å². The molecule has 6 aromatic heterocycles. The van der Waals surface area contributed by atoms with Gasteiger partial charge in [-0.2, -0.15) is 0 Å². The predicted octanol–water partition coefficient (Wildman–Crippen LogP) is 25.6. The third kappa shape index (κ3) is 10.2. The lowest BCUT2D eigenvalue weighted by Gasteiger charge is -2.18. The highest BCUT2D eigenvalue weighted by Crippen LogP contribution is 2.45. The molecule has 0 amide bonds. The minimum absolute atomic E-state index is 0.883. The predicted molar refractivity (Wildman–Crippen MR) is 407 cm³/mol. The van der Waals surface area contributed by atoms with Gasteiger partial charge in [-0.25, -0.2) is 0 Å². The second-order valence-electron chi connectivity index (χ2n) is 25.3. The standard InChI is InChI=1S/C93H57N3O3/c1-4-19-73(70(16-1)64-46-49-82(94-55-64)61-40-34-58(35-41-61)76-25-13-31-88-91(76)79-22-7-10-28-85(79)97-88)67-52-68(74-20-5-2-17-71(74)65-47-50-83(95-56-65)62-42-36-59(37-43-62)77-26-14-32-89-92(77)80-23-8-11-29-86(80)98-89)54-69(53-67)75-21-6-3-18-72(75)66-48-51-84(96-57-66)63-44-38-60(39-45-63)78-27-15-33-90-93(78)81-24-9-12-30-87(81)99-90/h1-57H. The van der Waals surface area contributed by atoms with Crippen molar-refractivity contribution in [2.75, 3.05) is 0 Å². The average Bonchev–Trinajstić information content (AvgIpc) is 1.42. The summed E-state index contributed by atoms with van der Waals surface area (Å²) >= 11 is 0. The summed E-state index contributed by atoms with van der Waals surface area (Å²) in [5, 5.41) is 6.72. The van der Waals surface area contributed by atoms with Crippen molar-refractivity contribution in [1.82, 2.24) is 15.0 Å². The molecule has 0 N–H and O–H groups in total. The molecule has 13 aromatic carbocycles. The van der Waals surface area contributed by atoms with E-state index in [2.05, 4.69) is 273 Å². The SMILES string of the molecule is c1ccc(-c2cc(-c3ccccc3-c3ccc(-c4ccc(-c5cccc6oc7ccccc7c56)cc4)nc3)cc(-c3ccccc3-c3ccc(-c4ccc(-c5cccc6oc7ccccc7c56)cc4)nc3)c2)c(-c2ccc(-c3ccc(-c4cccc5oc6ccccc6c45)cc3)nc2)c1. The van der Waals surface area contributed by atoms with Crippen LogP contribution in [0.1, 0.15) is 0 Å². The van der Waals surface area contributed by atoms with Crippen LogP contribution in [0.2, 0.25) is 0 Å². The van der Waals surface area contributed by atoms with Gasteiger partial charge in [-0.05, 0) is 156 Å². The van der Waals surface area contributed by atoms with Gasteiger partial charge in [0.25, 0.3) is 0 Å². The first-order valence-electron chi connectivity index (χ1n) is 33.4. The fourth-order valence-electron chi connectivity index (χ4n) is 14.7. The van der Waals surface area contributed by atoms with Crippen LogP contribution in [0.25, 0.3) is 200 Å². The third-order valence-electron chi connectivity index (χ3n) is 19.6. The van der Waals surface area contributed by atoms with Crippen LogP contribution >= 0.6 is 0 Å². The highest BCUT2D eigenvalue weighted by molar-refractivity contribution is 6.15. The number of nitrogens with zero attached hydrogens (tertiary/aromatic N) is 3. The molecule has 6 heterocycles. The topological polar surface area (TPSA) is 78.1 Å². The lowest BCUT2D eigenvalue weighted by molar-refractivity contribution is 0.668. The number of benzene rings is 13. The van der Waals surface area contributed by atoms with Crippen LogP contribution in [0, 0.1) is 0 Å². The van der Waals surface area contributed by atoms with Gasteiger partial charge in [0.1, 0.15) is 33.5 Å². The van der Waals surface area contributed by atoms with Crippen molar-refractivity contribution in [3.8, 4) is 134 Å². The Morgan fingerprint density at radius 2 is 0.384 bits per heavy atom. The lowest BCUT2D eigenvalue weighted by Crippen LogP contribution is -1.93. The van der Waals surface area contributed by atoms with Gasteiger partial charge in [0.2, 0.25) is 0 Å². The minimum atomic E-state index is 0.883. The maximum absolute atomic E-state index is 6.25. The molecule has 6 nitrogen and oxygen atoms in total. The largest absolute Gasteiger partial charge is 0.456 e. The van der Waals surface area contributed by atoms with E-state index in [1.165, 1.54) is 0 Å². The van der Waals surface area contributed by atoms with Crippen molar-refractivity contribution < 1.29 is 13.3 Å². The molecular formula is C93H57N3O3. The van der Waals surface area contributed by atoms with E-state index < -0.39 is 0 Å². The van der Waals surface area contributed by atoms with Gasteiger partial charge in [-0.3, -0.25) is 15.0 Å². The Morgan fingerprint density at radius 3 is 0.657 bits per heavy atom. The summed E-state index contributed by atoms with van der Waals surface area (Å²) < 4.78 is 18.7. The maximum atomic E-state index is 6.25. The molecule has 0 atom stereocenters. The number of aromatic nitrogens is 3. The fourth-order valence-corrected chi connectivity index (χ4v) is 14.7. The number of rotatable bonds is 12. The quantitative estimate of drug-likeness (QED) is 0.121. The smallest absolute Gasteiger partial charge is 0.136 e. The molecule has 6 heteroatoms. The number of para-hydroxylation sites is 3. The number of furan rings is 3. The van der Waals surface area contributed by atoms with Crippen molar-refractivity contribution in [2.45, 2.75) is 0 Å². The second kappa shape index (κ2) is 23.9. The molecule has 0 bridgehead atoms. The molecule has 0 aliphatic heterocycles. The number of fused-ring (bicyclic) bond motifs is 9. The van der Waals surface area contributed by atoms with Gasteiger partial charge < -0.3 is 13.3 Å². The van der Waals surface area contributed by atoms with Crippen LogP contribution in [0.5, 0.6) is 0 Å².